The molecular formula is C21H27N3O3S. The lowest BCUT2D eigenvalue weighted by Gasteiger charge is -2.26. The first kappa shape index (κ1) is 20.3. The molecule has 2 heterocycles. The van der Waals surface area contributed by atoms with E-state index in [4.69, 9.17) is 4.74 Å². The van der Waals surface area contributed by atoms with Crippen LogP contribution in [0.25, 0.3) is 0 Å². The van der Waals surface area contributed by atoms with Crippen LogP contribution in [0.2, 0.25) is 0 Å². The molecule has 6 nitrogen and oxygen atoms in total. The third kappa shape index (κ3) is 5.32. The molecule has 0 atom stereocenters. The largest absolute Gasteiger partial charge is 0.484 e. The smallest absolute Gasteiger partial charge is 0.264 e. The number of amides is 2. The maximum atomic E-state index is 12.3. The number of ether oxygens (including phenoxy) is 1. The Bertz CT molecular complexity index is 856. The van der Waals surface area contributed by atoms with E-state index in [1.165, 1.54) is 11.3 Å². The molecule has 0 bridgehead atoms. The normalized spacial score (nSPS) is 13.4. The summed E-state index contributed by atoms with van der Waals surface area (Å²) in [5.74, 6) is 0.979. The van der Waals surface area contributed by atoms with Gasteiger partial charge in [-0.1, -0.05) is 31.3 Å². The Labute approximate surface area is 169 Å². The van der Waals surface area contributed by atoms with Gasteiger partial charge in [0.1, 0.15) is 5.75 Å². The van der Waals surface area contributed by atoms with E-state index >= 15 is 0 Å². The number of rotatable bonds is 6. The zero-order valence-electron chi connectivity index (χ0n) is 16.9. The van der Waals surface area contributed by atoms with Crippen molar-refractivity contribution in [2.45, 2.75) is 47.1 Å². The molecule has 0 spiro atoms. The van der Waals surface area contributed by atoms with Crippen molar-refractivity contribution in [3.63, 3.8) is 0 Å². The van der Waals surface area contributed by atoms with Gasteiger partial charge in [-0.3, -0.25) is 14.9 Å². The van der Waals surface area contributed by atoms with Crippen molar-refractivity contribution in [3.05, 3.63) is 39.9 Å². The summed E-state index contributed by atoms with van der Waals surface area (Å²) in [7, 11) is 0. The molecule has 1 N–H and O–H groups in total. The van der Waals surface area contributed by atoms with Crippen molar-refractivity contribution in [1.82, 2.24) is 9.88 Å². The fourth-order valence-corrected chi connectivity index (χ4v) is 4.30. The van der Waals surface area contributed by atoms with Gasteiger partial charge in [-0.05, 0) is 43.0 Å². The minimum atomic E-state index is -0.238. The van der Waals surface area contributed by atoms with Crippen LogP contribution < -0.4 is 10.1 Å². The quantitative estimate of drug-likeness (QED) is 0.801. The minimum absolute atomic E-state index is 0.0634. The van der Waals surface area contributed by atoms with E-state index < -0.39 is 0 Å². The first-order valence-electron chi connectivity index (χ1n) is 9.57. The molecule has 1 aliphatic rings. The van der Waals surface area contributed by atoms with Crippen LogP contribution >= 0.6 is 11.3 Å². The molecule has 1 aromatic carbocycles. The van der Waals surface area contributed by atoms with Crippen molar-refractivity contribution in [1.29, 1.82) is 0 Å². The minimum Gasteiger partial charge on any atom is -0.484 e. The van der Waals surface area contributed by atoms with Crippen molar-refractivity contribution in [2.75, 3.05) is 18.5 Å². The van der Waals surface area contributed by atoms with Crippen LogP contribution in [-0.4, -0.2) is 34.8 Å². The summed E-state index contributed by atoms with van der Waals surface area (Å²) in [6.07, 6.45) is 1.29. The summed E-state index contributed by atoms with van der Waals surface area (Å²) in [4.78, 5) is 32.0. The summed E-state index contributed by atoms with van der Waals surface area (Å²) in [6, 6.07) is 5.87. The average molecular weight is 402 g/mol. The molecule has 2 aromatic rings. The lowest BCUT2D eigenvalue weighted by Crippen LogP contribution is -2.36. The summed E-state index contributed by atoms with van der Waals surface area (Å²) in [6.45, 7) is 9.29. The summed E-state index contributed by atoms with van der Waals surface area (Å²) in [5.41, 5.74) is 3.17. The van der Waals surface area contributed by atoms with Gasteiger partial charge in [-0.25, -0.2) is 4.98 Å². The van der Waals surface area contributed by atoms with Gasteiger partial charge in [0.2, 0.25) is 5.91 Å². The number of thiazole rings is 1. The monoisotopic (exact) mass is 401 g/mol. The number of hydrogen-bond donors (Lipinski definition) is 1. The molecule has 0 saturated heterocycles. The molecule has 3 rings (SSSR count). The number of benzene rings is 1. The fraction of sp³-hybridized carbons (Fsp3) is 0.476. The highest BCUT2D eigenvalue weighted by molar-refractivity contribution is 7.15. The van der Waals surface area contributed by atoms with Gasteiger partial charge in [0, 0.05) is 24.3 Å². The predicted octanol–water partition coefficient (Wildman–Crippen LogP) is 3.71. The molecule has 0 fully saturated rings. The predicted molar refractivity (Wildman–Crippen MR) is 111 cm³/mol. The number of fused-ring (bicyclic) bond motifs is 1. The van der Waals surface area contributed by atoms with Crippen LogP contribution in [0.1, 0.15) is 42.0 Å². The van der Waals surface area contributed by atoms with Gasteiger partial charge in [0.15, 0.2) is 11.7 Å². The second kappa shape index (κ2) is 8.73. The Morgan fingerprint density at radius 2 is 1.96 bits per heavy atom. The van der Waals surface area contributed by atoms with Gasteiger partial charge >= 0.3 is 0 Å². The van der Waals surface area contributed by atoms with Gasteiger partial charge in [-0.2, -0.15) is 0 Å². The Morgan fingerprint density at radius 1 is 1.25 bits per heavy atom. The van der Waals surface area contributed by atoms with Crippen molar-refractivity contribution in [3.8, 4) is 5.75 Å². The first-order valence-corrected chi connectivity index (χ1v) is 10.4. The van der Waals surface area contributed by atoms with Crippen molar-refractivity contribution >= 4 is 28.3 Å². The topological polar surface area (TPSA) is 71.5 Å². The van der Waals surface area contributed by atoms with E-state index in [1.54, 1.807) is 0 Å². The zero-order chi connectivity index (χ0) is 20.3. The van der Waals surface area contributed by atoms with Crippen molar-refractivity contribution in [2.24, 2.45) is 5.92 Å². The molecule has 7 heteroatoms. The van der Waals surface area contributed by atoms with Gasteiger partial charge < -0.3 is 9.64 Å². The number of anilines is 1. The van der Waals surface area contributed by atoms with E-state index in [0.717, 1.165) is 28.1 Å². The van der Waals surface area contributed by atoms with E-state index in [-0.39, 0.29) is 18.4 Å². The van der Waals surface area contributed by atoms with E-state index in [9.17, 15) is 9.59 Å². The molecule has 150 valence electrons. The van der Waals surface area contributed by atoms with Gasteiger partial charge in [-0.15, -0.1) is 0 Å². The summed E-state index contributed by atoms with van der Waals surface area (Å²) < 4.78 is 5.60. The van der Waals surface area contributed by atoms with Crippen molar-refractivity contribution < 1.29 is 14.3 Å². The van der Waals surface area contributed by atoms with Crippen LogP contribution in [0, 0.1) is 19.8 Å². The summed E-state index contributed by atoms with van der Waals surface area (Å²) >= 11 is 1.44. The van der Waals surface area contributed by atoms with E-state index in [2.05, 4.69) is 16.4 Å². The number of aromatic nitrogens is 1. The molecule has 28 heavy (non-hydrogen) atoms. The number of hydrogen-bond acceptors (Lipinski definition) is 5. The number of aryl methyl sites for hydroxylation is 2. The third-order valence-electron chi connectivity index (χ3n) is 4.48. The molecule has 0 saturated carbocycles. The standard InChI is InChI=1S/C21H27N3O3S/c1-13(2)7-20(26)24-6-5-17-18(11-24)28-21(22-17)23-19(25)12-27-16-9-14(3)8-15(4)10-16/h8-10,13H,5-7,11-12H2,1-4H3,(H,22,23,25). The second-order valence-electron chi connectivity index (χ2n) is 7.71. The molecule has 1 aromatic heterocycles. The first-order chi connectivity index (χ1) is 13.3. The number of carbonyl (C=O) groups excluding carboxylic acids is 2. The molecule has 0 radical (unpaired) electrons. The molecule has 0 unspecified atom stereocenters. The van der Waals surface area contributed by atoms with Crippen LogP contribution in [0.15, 0.2) is 18.2 Å². The van der Waals surface area contributed by atoms with E-state index in [0.29, 0.717) is 36.3 Å². The molecule has 0 aliphatic carbocycles. The number of carbonyl (C=O) groups is 2. The maximum Gasteiger partial charge on any atom is 0.264 e. The SMILES string of the molecule is Cc1cc(C)cc(OCC(=O)Nc2nc3c(s2)CN(C(=O)CC(C)C)CC3)c1. The number of nitrogens with zero attached hydrogens (tertiary/aromatic N) is 2. The summed E-state index contributed by atoms with van der Waals surface area (Å²) in [5, 5.41) is 3.38. The second-order valence-corrected chi connectivity index (χ2v) is 8.80. The Kier molecular flexibility index (Phi) is 6.34. The highest BCUT2D eigenvalue weighted by Gasteiger charge is 2.24. The van der Waals surface area contributed by atoms with Gasteiger partial charge in [0.25, 0.3) is 5.91 Å². The van der Waals surface area contributed by atoms with Crippen LogP contribution in [0.5, 0.6) is 5.75 Å². The highest BCUT2D eigenvalue weighted by atomic mass is 32.1. The maximum absolute atomic E-state index is 12.3. The van der Waals surface area contributed by atoms with Gasteiger partial charge in [0.05, 0.1) is 12.2 Å². The molecular weight excluding hydrogens is 374 g/mol. The zero-order valence-corrected chi connectivity index (χ0v) is 17.7. The highest BCUT2D eigenvalue weighted by Crippen LogP contribution is 2.29. The fourth-order valence-electron chi connectivity index (χ4n) is 3.26. The van der Waals surface area contributed by atoms with Crippen LogP contribution in [0.3, 0.4) is 0 Å². The Balaban J connectivity index is 1.55. The third-order valence-corrected chi connectivity index (χ3v) is 5.48. The molecule has 1 aliphatic heterocycles. The Hall–Kier alpha value is -2.41. The van der Waals surface area contributed by atoms with E-state index in [1.807, 2.05) is 44.7 Å². The number of nitrogens with one attached hydrogen (secondary N) is 1. The van der Waals surface area contributed by atoms with Crippen LogP contribution in [-0.2, 0) is 22.6 Å². The lowest BCUT2D eigenvalue weighted by molar-refractivity contribution is -0.132. The van der Waals surface area contributed by atoms with Crippen LogP contribution in [0.4, 0.5) is 5.13 Å². The lowest BCUT2D eigenvalue weighted by atomic mass is 10.1. The average Bonchev–Trinajstić information content (AvgIpc) is 2.99. The Morgan fingerprint density at radius 3 is 2.64 bits per heavy atom. The molecule has 2 amide bonds.